The summed E-state index contributed by atoms with van der Waals surface area (Å²) in [6.07, 6.45) is 2.33. The van der Waals surface area contributed by atoms with Gasteiger partial charge in [-0.3, -0.25) is 4.79 Å². The first-order valence-electron chi connectivity index (χ1n) is 7.83. The Balaban J connectivity index is 1.91. The molecule has 0 spiro atoms. The minimum atomic E-state index is -0.313. The fraction of sp³-hybridized carbons (Fsp3) is 0.647. The lowest BCUT2D eigenvalue weighted by molar-refractivity contribution is -0.128. The maximum atomic E-state index is 12.0. The second-order valence-electron chi connectivity index (χ2n) is 7.05. The Morgan fingerprint density at radius 3 is 2.86 bits per heavy atom. The Hall–Kier alpha value is -1.58. The van der Waals surface area contributed by atoms with Crippen molar-refractivity contribution >= 4 is 11.7 Å². The van der Waals surface area contributed by atoms with Gasteiger partial charge in [0, 0.05) is 30.7 Å². The molecule has 1 amide bonds. The maximum absolute atomic E-state index is 12.0. The molecule has 1 N–H and O–H groups in total. The van der Waals surface area contributed by atoms with E-state index in [1.807, 2.05) is 33.8 Å². The Kier molecular flexibility index (Phi) is 4.86. The monoisotopic (exact) mass is 289 g/mol. The average Bonchev–Trinajstić information content (AvgIpc) is 2.44. The van der Waals surface area contributed by atoms with E-state index < -0.39 is 0 Å². The maximum Gasteiger partial charge on any atom is 0.225 e. The van der Waals surface area contributed by atoms with Gasteiger partial charge in [-0.15, -0.1) is 0 Å². The highest BCUT2D eigenvalue weighted by molar-refractivity contribution is 5.81. The first kappa shape index (κ1) is 15.8. The number of carbonyl (C=O) groups is 1. The van der Waals surface area contributed by atoms with Crippen LogP contribution in [0.3, 0.4) is 0 Å². The number of aromatic nitrogens is 1. The lowest BCUT2D eigenvalue weighted by Gasteiger charge is -2.34. The van der Waals surface area contributed by atoms with Crippen molar-refractivity contribution in [1.82, 2.24) is 10.3 Å². The molecule has 116 valence electrons. The van der Waals surface area contributed by atoms with E-state index in [1.165, 1.54) is 6.42 Å². The zero-order chi connectivity index (χ0) is 15.5. The zero-order valence-corrected chi connectivity index (χ0v) is 13.6. The van der Waals surface area contributed by atoms with Crippen molar-refractivity contribution in [2.45, 2.75) is 40.5 Å². The summed E-state index contributed by atoms with van der Waals surface area (Å²) >= 11 is 0. The van der Waals surface area contributed by atoms with Crippen LogP contribution in [-0.4, -0.2) is 30.5 Å². The van der Waals surface area contributed by atoms with Gasteiger partial charge in [-0.2, -0.15) is 0 Å². The number of amides is 1. The van der Waals surface area contributed by atoms with Crippen molar-refractivity contribution in [3.63, 3.8) is 0 Å². The molecule has 0 aromatic carbocycles. The number of piperidine rings is 1. The van der Waals surface area contributed by atoms with Gasteiger partial charge in [-0.1, -0.05) is 26.8 Å². The molecule has 1 atom stereocenters. The smallest absolute Gasteiger partial charge is 0.225 e. The van der Waals surface area contributed by atoms with Gasteiger partial charge in [0.15, 0.2) is 0 Å². The molecular formula is C17H27N3O. The molecule has 1 unspecified atom stereocenters. The summed E-state index contributed by atoms with van der Waals surface area (Å²) in [6.45, 7) is 10.7. The molecule has 21 heavy (non-hydrogen) atoms. The summed E-state index contributed by atoms with van der Waals surface area (Å²) in [5.41, 5.74) is 0.738. The first-order valence-corrected chi connectivity index (χ1v) is 7.83. The van der Waals surface area contributed by atoms with Crippen molar-refractivity contribution in [2.75, 3.05) is 24.5 Å². The Morgan fingerprint density at radius 2 is 2.19 bits per heavy atom. The number of carbonyl (C=O) groups excluding carboxylic acids is 1. The number of pyridine rings is 1. The largest absolute Gasteiger partial charge is 0.356 e. The van der Waals surface area contributed by atoms with E-state index in [-0.39, 0.29) is 11.3 Å². The van der Waals surface area contributed by atoms with Crippen LogP contribution in [0.15, 0.2) is 18.2 Å². The molecule has 1 aromatic heterocycles. The molecule has 4 nitrogen and oxygen atoms in total. The lowest BCUT2D eigenvalue weighted by Crippen LogP contribution is -2.43. The molecule has 2 rings (SSSR count). The van der Waals surface area contributed by atoms with Crippen LogP contribution >= 0.6 is 0 Å². The highest BCUT2D eigenvalue weighted by atomic mass is 16.2. The highest BCUT2D eigenvalue weighted by Gasteiger charge is 2.24. The fourth-order valence-electron chi connectivity index (χ4n) is 2.65. The van der Waals surface area contributed by atoms with Crippen LogP contribution in [0.5, 0.6) is 0 Å². The van der Waals surface area contributed by atoms with E-state index in [1.54, 1.807) is 0 Å². The van der Waals surface area contributed by atoms with E-state index in [9.17, 15) is 4.79 Å². The second-order valence-corrected chi connectivity index (χ2v) is 7.05. The minimum Gasteiger partial charge on any atom is -0.356 e. The number of rotatable bonds is 3. The lowest BCUT2D eigenvalue weighted by atomic mass is 9.94. The van der Waals surface area contributed by atoms with Gasteiger partial charge < -0.3 is 10.2 Å². The predicted octanol–water partition coefficient (Wildman–Crippen LogP) is 2.77. The number of nitrogens with zero attached hydrogens (tertiary/aromatic N) is 2. The standard InChI is InChI=1S/C17H27N3O/c1-13-7-5-9-15(19-13)20-10-6-8-14(12-20)11-18-16(21)17(2,3)4/h5,7,9,14H,6,8,10-12H2,1-4H3,(H,18,21). The van der Waals surface area contributed by atoms with Gasteiger partial charge in [0.25, 0.3) is 0 Å². The molecule has 0 saturated carbocycles. The van der Waals surface area contributed by atoms with Gasteiger partial charge >= 0.3 is 0 Å². The Morgan fingerprint density at radius 1 is 1.43 bits per heavy atom. The minimum absolute atomic E-state index is 0.133. The van der Waals surface area contributed by atoms with Crippen LogP contribution in [0.1, 0.15) is 39.3 Å². The van der Waals surface area contributed by atoms with Crippen molar-refractivity contribution < 1.29 is 4.79 Å². The molecule has 1 aliphatic heterocycles. The van der Waals surface area contributed by atoms with Gasteiger partial charge in [0.05, 0.1) is 0 Å². The van der Waals surface area contributed by atoms with Gasteiger partial charge in [-0.05, 0) is 37.8 Å². The van der Waals surface area contributed by atoms with Gasteiger partial charge in [0.2, 0.25) is 5.91 Å². The number of nitrogens with one attached hydrogen (secondary N) is 1. The van der Waals surface area contributed by atoms with Crippen LogP contribution in [0, 0.1) is 18.3 Å². The quantitative estimate of drug-likeness (QED) is 0.930. The summed E-state index contributed by atoms with van der Waals surface area (Å²) in [5.74, 6) is 1.70. The van der Waals surface area contributed by atoms with E-state index in [0.717, 1.165) is 37.6 Å². The third kappa shape index (κ3) is 4.45. The van der Waals surface area contributed by atoms with Crippen molar-refractivity contribution in [2.24, 2.45) is 11.3 Å². The molecule has 0 radical (unpaired) electrons. The molecule has 1 fully saturated rings. The van der Waals surface area contributed by atoms with Gasteiger partial charge in [0.1, 0.15) is 5.82 Å². The molecule has 4 heteroatoms. The van der Waals surface area contributed by atoms with Crippen LogP contribution in [0.2, 0.25) is 0 Å². The molecule has 0 aliphatic carbocycles. The summed E-state index contributed by atoms with van der Waals surface area (Å²) < 4.78 is 0. The number of anilines is 1. The van der Waals surface area contributed by atoms with Crippen molar-refractivity contribution in [3.8, 4) is 0 Å². The third-order valence-corrected chi connectivity index (χ3v) is 3.95. The van der Waals surface area contributed by atoms with Crippen molar-refractivity contribution in [1.29, 1.82) is 0 Å². The van der Waals surface area contributed by atoms with Crippen LogP contribution in [-0.2, 0) is 4.79 Å². The fourth-order valence-corrected chi connectivity index (χ4v) is 2.65. The summed E-state index contributed by atoms with van der Waals surface area (Å²) in [7, 11) is 0. The number of hydrogen-bond acceptors (Lipinski definition) is 3. The van der Waals surface area contributed by atoms with E-state index in [4.69, 9.17) is 0 Å². The number of hydrogen-bond donors (Lipinski definition) is 1. The third-order valence-electron chi connectivity index (χ3n) is 3.95. The van der Waals surface area contributed by atoms with Crippen LogP contribution in [0.4, 0.5) is 5.82 Å². The van der Waals surface area contributed by atoms with Crippen molar-refractivity contribution in [3.05, 3.63) is 23.9 Å². The van der Waals surface area contributed by atoms with E-state index in [2.05, 4.69) is 27.3 Å². The summed E-state index contributed by atoms with van der Waals surface area (Å²) in [4.78, 5) is 18.9. The average molecular weight is 289 g/mol. The molecular weight excluding hydrogens is 262 g/mol. The topological polar surface area (TPSA) is 45.2 Å². The SMILES string of the molecule is Cc1cccc(N2CCCC(CNC(=O)C(C)(C)C)C2)n1. The molecule has 2 heterocycles. The normalized spacial score (nSPS) is 19.4. The molecule has 0 bridgehead atoms. The first-order chi connectivity index (χ1) is 9.86. The molecule has 1 saturated heterocycles. The van der Waals surface area contributed by atoms with Crippen LogP contribution in [0.25, 0.3) is 0 Å². The molecule has 1 aromatic rings. The molecule has 1 aliphatic rings. The second kappa shape index (κ2) is 6.46. The van der Waals surface area contributed by atoms with E-state index >= 15 is 0 Å². The highest BCUT2D eigenvalue weighted by Crippen LogP contribution is 2.22. The Bertz CT molecular complexity index is 493. The van der Waals surface area contributed by atoms with Gasteiger partial charge in [-0.25, -0.2) is 4.98 Å². The Labute approximate surface area is 127 Å². The summed E-state index contributed by atoms with van der Waals surface area (Å²) in [5, 5.41) is 3.09. The zero-order valence-electron chi connectivity index (χ0n) is 13.6. The summed E-state index contributed by atoms with van der Waals surface area (Å²) in [6, 6.07) is 6.15. The van der Waals surface area contributed by atoms with E-state index in [0.29, 0.717) is 5.92 Å². The predicted molar refractivity (Wildman–Crippen MR) is 86.4 cm³/mol. The number of aryl methyl sites for hydroxylation is 1. The van der Waals surface area contributed by atoms with Crippen LogP contribution < -0.4 is 10.2 Å².